The third-order valence-corrected chi connectivity index (χ3v) is 3.49. The number of hydrogen-bond acceptors (Lipinski definition) is 1. The van der Waals surface area contributed by atoms with Crippen molar-refractivity contribution in [3.8, 4) is 0 Å². The normalized spacial score (nSPS) is 12.2. The first kappa shape index (κ1) is 14.1. The lowest BCUT2D eigenvalue weighted by Gasteiger charge is -2.08. The standard InChI is InChI=1S/C12H14BrF2NO/c1-2-8(13)6-7-16-12(17)9-4-3-5-10(14)11(9)15/h3-5,8H,2,6-7H2,1H3,(H,16,17). The minimum absolute atomic E-state index is 0.257. The van der Waals surface area contributed by atoms with Crippen LogP contribution < -0.4 is 5.32 Å². The molecule has 0 radical (unpaired) electrons. The van der Waals surface area contributed by atoms with E-state index in [1.54, 1.807) is 0 Å². The Morgan fingerprint density at radius 3 is 2.82 bits per heavy atom. The van der Waals surface area contributed by atoms with Gasteiger partial charge >= 0.3 is 0 Å². The molecule has 0 spiro atoms. The van der Waals surface area contributed by atoms with Crippen LogP contribution in [0.3, 0.4) is 0 Å². The number of amides is 1. The smallest absolute Gasteiger partial charge is 0.254 e. The van der Waals surface area contributed by atoms with Gasteiger partial charge in [0.05, 0.1) is 5.56 Å². The molecule has 1 rings (SSSR count). The van der Waals surface area contributed by atoms with Crippen LogP contribution in [0.15, 0.2) is 18.2 Å². The third-order valence-electron chi connectivity index (χ3n) is 2.38. The van der Waals surface area contributed by atoms with E-state index in [1.165, 1.54) is 12.1 Å². The summed E-state index contributed by atoms with van der Waals surface area (Å²) in [6.07, 6.45) is 1.70. The summed E-state index contributed by atoms with van der Waals surface area (Å²) < 4.78 is 26.1. The quantitative estimate of drug-likeness (QED) is 0.831. The first-order valence-corrected chi connectivity index (χ1v) is 6.34. The monoisotopic (exact) mass is 305 g/mol. The molecular formula is C12H14BrF2NO. The van der Waals surface area contributed by atoms with E-state index in [1.807, 2.05) is 6.92 Å². The highest BCUT2D eigenvalue weighted by Crippen LogP contribution is 2.12. The van der Waals surface area contributed by atoms with Crippen molar-refractivity contribution < 1.29 is 13.6 Å². The largest absolute Gasteiger partial charge is 0.352 e. The van der Waals surface area contributed by atoms with Crippen molar-refractivity contribution in [3.05, 3.63) is 35.4 Å². The predicted molar refractivity (Wildman–Crippen MR) is 66.3 cm³/mol. The van der Waals surface area contributed by atoms with E-state index < -0.39 is 17.5 Å². The molecule has 0 bridgehead atoms. The molecule has 0 fully saturated rings. The van der Waals surface area contributed by atoms with Gasteiger partial charge < -0.3 is 5.32 Å². The van der Waals surface area contributed by atoms with Gasteiger partial charge in [-0.15, -0.1) is 0 Å². The van der Waals surface area contributed by atoms with Gasteiger partial charge in [0, 0.05) is 11.4 Å². The zero-order valence-electron chi connectivity index (χ0n) is 9.47. The van der Waals surface area contributed by atoms with Crippen molar-refractivity contribution >= 4 is 21.8 Å². The van der Waals surface area contributed by atoms with Gasteiger partial charge in [0.25, 0.3) is 5.91 Å². The molecule has 1 aromatic rings. The van der Waals surface area contributed by atoms with Crippen LogP contribution in [-0.4, -0.2) is 17.3 Å². The number of nitrogens with one attached hydrogen (secondary N) is 1. The minimum Gasteiger partial charge on any atom is -0.352 e. The fourth-order valence-electron chi connectivity index (χ4n) is 1.32. The van der Waals surface area contributed by atoms with E-state index in [2.05, 4.69) is 21.2 Å². The van der Waals surface area contributed by atoms with E-state index in [-0.39, 0.29) is 5.56 Å². The topological polar surface area (TPSA) is 29.1 Å². The van der Waals surface area contributed by atoms with Gasteiger partial charge in [0.1, 0.15) is 0 Å². The first-order valence-electron chi connectivity index (χ1n) is 5.42. The number of carbonyl (C=O) groups excluding carboxylic acids is 1. The van der Waals surface area contributed by atoms with Gasteiger partial charge in [-0.2, -0.15) is 0 Å². The predicted octanol–water partition coefficient (Wildman–Crippen LogP) is 3.26. The lowest BCUT2D eigenvalue weighted by molar-refractivity contribution is 0.0948. The number of benzene rings is 1. The van der Waals surface area contributed by atoms with Crippen LogP contribution in [0, 0.1) is 11.6 Å². The van der Waals surface area contributed by atoms with Crippen molar-refractivity contribution in [2.24, 2.45) is 0 Å². The van der Waals surface area contributed by atoms with Crippen LogP contribution in [0.4, 0.5) is 8.78 Å². The maximum atomic E-state index is 13.3. The molecule has 1 N–H and O–H groups in total. The second kappa shape index (κ2) is 6.69. The maximum Gasteiger partial charge on any atom is 0.254 e. The molecule has 1 amide bonds. The Hall–Kier alpha value is -0.970. The lowest BCUT2D eigenvalue weighted by Crippen LogP contribution is -2.27. The average molecular weight is 306 g/mol. The summed E-state index contributed by atoms with van der Waals surface area (Å²) in [4.78, 5) is 11.9. The zero-order valence-corrected chi connectivity index (χ0v) is 11.1. The number of hydrogen-bond donors (Lipinski definition) is 1. The summed E-state index contributed by atoms with van der Waals surface area (Å²) in [5.74, 6) is -2.70. The SMILES string of the molecule is CCC(Br)CCNC(=O)c1cccc(F)c1F. The molecule has 0 saturated heterocycles. The Kier molecular flexibility index (Phi) is 5.55. The number of alkyl halides is 1. The molecule has 1 atom stereocenters. The number of halogens is 3. The van der Waals surface area contributed by atoms with Crippen molar-refractivity contribution in [2.45, 2.75) is 24.6 Å². The molecule has 0 aliphatic carbocycles. The average Bonchev–Trinajstić information content (AvgIpc) is 2.32. The Balaban J connectivity index is 2.56. The van der Waals surface area contributed by atoms with E-state index in [0.29, 0.717) is 11.4 Å². The van der Waals surface area contributed by atoms with Crippen molar-refractivity contribution in [3.63, 3.8) is 0 Å². The maximum absolute atomic E-state index is 13.3. The molecule has 94 valence electrons. The van der Waals surface area contributed by atoms with Gasteiger partial charge in [-0.05, 0) is 25.0 Å². The summed E-state index contributed by atoms with van der Waals surface area (Å²) in [7, 11) is 0. The summed E-state index contributed by atoms with van der Waals surface area (Å²) in [6.45, 7) is 2.45. The highest BCUT2D eigenvalue weighted by Gasteiger charge is 2.14. The van der Waals surface area contributed by atoms with Crippen molar-refractivity contribution in [1.82, 2.24) is 5.32 Å². The fraction of sp³-hybridized carbons (Fsp3) is 0.417. The van der Waals surface area contributed by atoms with Crippen LogP contribution in [0.2, 0.25) is 0 Å². The second-order valence-corrected chi connectivity index (χ2v) is 4.95. The lowest BCUT2D eigenvalue weighted by atomic mass is 10.2. The van der Waals surface area contributed by atoms with Gasteiger partial charge in [0.15, 0.2) is 11.6 Å². The Morgan fingerprint density at radius 2 is 2.18 bits per heavy atom. The van der Waals surface area contributed by atoms with Crippen LogP contribution in [0.5, 0.6) is 0 Å². The van der Waals surface area contributed by atoms with Crippen molar-refractivity contribution in [1.29, 1.82) is 0 Å². The van der Waals surface area contributed by atoms with Gasteiger partial charge in [-0.3, -0.25) is 4.79 Å². The van der Waals surface area contributed by atoms with E-state index >= 15 is 0 Å². The van der Waals surface area contributed by atoms with Crippen LogP contribution >= 0.6 is 15.9 Å². The summed E-state index contributed by atoms with van der Waals surface area (Å²) in [5.41, 5.74) is -0.257. The van der Waals surface area contributed by atoms with Crippen LogP contribution in [0.1, 0.15) is 30.1 Å². The molecular weight excluding hydrogens is 292 g/mol. The summed E-state index contributed by atoms with van der Waals surface area (Å²) >= 11 is 3.42. The molecule has 2 nitrogen and oxygen atoms in total. The van der Waals surface area contributed by atoms with Gasteiger partial charge in [0.2, 0.25) is 0 Å². The molecule has 17 heavy (non-hydrogen) atoms. The molecule has 0 aliphatic heterocycles. The zero-order chi connectivity index (χ0) is 12.8. The van der Waals surface area contributed by atoms with Crippen LogP contribution in [0.25, 0.3) is 0 Å². The Morgan fingerprint density at radius 1 is 1.47 bits per heavy atom. The van der Waals surface area contributed by atoms with E-state index in [9.17, 15) is 13.6 Å². The Labute approximate surface area is 108 Å². The fourth-order valence-corrected chi connectivity index (χ4v) is 1.55. The van der Waals surface area contributed by atoms with Crippen LogP contribution in [-0.2, 0) is 0 Å². The molecule has 1 aromatic carbocycles. The molecule has 0 saturated carbocycles. The van der Waals surface area contributed by atoms with Gasteiger partial charge in [-0.25, -0.2) is 8.78 Å². The minimum atomic E-state index is -1.10. The molecule has 0 aromatic heterocycles. The molecule has 1 unspecified atom stereocenters. The number of rotatable bonds is 5. The summed E-state index contributed by atoms with van der Waals surface area (Å²) in [6, 6.07) is 3.56. The highest BCUT2D eigenvalue weighted by molar-refractivity contribution is 9.09. The second-order valence-electron chi connectivity index (χ2n) is 3.65. The molecule has 5 heteroatoms. The van der Waals surface area contributed by atoms with Crippen molar-refractivity contribution in [2.75, 3.05) is 6.54 Å². The van der Waals surface area contributed by atoms with E-state index in [4.69, 9.17) is 0 Å². The van der Waals surface area contributed by atoms with Gasteiger partial charge in [-0.1, -0.05) is 28.9 Å². The molecule has 0 heterocycles. The summed E-state index contributed by atoms with van der Waals surface area (Å²) in [5, 5.41) is 2.56. The Bertz CT molecular complexity index is 398. The highest BCUT2D eigenvalue weighted by atomic mass is 79.9. The number of carbonyl (C=O) groups is 1. The third kappa shape index (κ3) is 4.07. The van der Waals surface area contributed by atoms with E-state index in [0.717, 1.165) is 18.9 Å². The molecule has 0 aliphatic rings. The first-order chi connectivity index (χ1) is 8.06.